The molecule has 0 radical (unpaired) electrons. The van der Waals surface area contributed by atoms with E-state index in [9.17, 15) is 22.8 Å². The highest BCUT2D eigenvalue weighted by Crippen LogP contribution is 2.34. The van der Waals surface area contributed by atoms with E-state index in [0.717, 1.165) is 18.2 Å². The molecule has 0 saturated carbocycles. The maximum absolute atomic E-state index is 12.9. The first-order valence-corrected chi connectivity index (χ1v) is 10.3. The largest absolute Gasteiger partial charge is 0.481 e. The fourth-order valence-electron chi connectivity index (χ4n) is 2.71. The van der Waals surface area contributed by atoms with E-state index in [1.807, 2.05) is 0 Å². The number of benzene rings is 3. The van der Waals surface area contributed by atoms with E-state index in [2.05, 4.69) is 10.6 Å². The van der Waals surface area contributed by atoms with Crippen molar-refractivity contribution in [2.24, 2.45) is 0 Å². The second-order valence-electron chi connectivity index (χ2n) is 6.93. The first-order valence-electron chi connectivity index (χ1n) is 9.54. The molecule has 3 aromatic rings. The monoisotopic (exact) mass is 496 g/mol. The minimum absolute atomic E-state index is 0.0420. The number of hydrogen-bond acceptors (Lipinski definition) is 3. The highest BCUT2D eigenvalue weighted by atomic mass is 35.5. The molecule has 33 heavy (non-hydrogen) atoms. The highest BCUT2D eigenvalue weighted by Gasteiger charge is 2.31. The average molecular weight is 497 g/mol. The first-order chi connectivity index (χ1) is 15.5. The van der Waals surface area contributed by atoms with Crippen LogP contribution in [-0.2, 0) is 11.0 Å². The number of halogens is 5. The molecule has 0 saturated heterocycles. The Kier molecular flexibility index (Phi) is 7.50. The topological polar surface area (TPSA) is 67.4 Å². The normalized spacial score (nSPS) is 12.1. The highest BCUT2D eigenvalue weighted by molar-refractivity contribution is 6.33. The Morgan fingerprint density at radius 3 is 2.15 bits per heavy atom. The van der Waals surface area contributed by atoms with Crippen LogP contribution >= 0.6 is 23.2 Å². The second-order valence-corrected chi connectivity index (χ2v) is 7.77. The zero-order valence-corrected chi connectivity index (χ0v) is 18.6. The van der Waals surface area contributed by atoms with Crippen molar-refractivity contribution < 1.29 is 27.5 Å². The SMILES string of the molecule is CC(Oc1ccc(C(=O)Nc2ccc(Cl)cc2)cc1)C(=O)Nc1cc(C(F)(F)F)ccc1Cl. The molecule has 0 heterocycles. The molecule has 0 aliphatic rings. The second kappa shape index (κ2) is 10.1. The molecule has 0 fully saturated rings. The number of hydrogen-bond donors (Lipinski definition) is 2. The van der Waals surface area contributed by atoms with Crippen molar-refractivity contribution in [2.45, 2.75) is 19.2 Å². The molecule has 1 unspecified atom stereocenters. The van der Waals surface area contributed by atoms with Crippen LogP contribution in [0.5, 0.6) is 5.75 Å². The van der Waals surface area contributed by atoms with Crippen LogP contribution in [0.15, 0.2) is 66.7 Å². The van der Waals surface area contributed by atoms with Gasteiger partial charge in [-0.25, -0.2) is 0 Å². The molecule has 0 aromatic heterocycles. The number of rotatable bonds is 6. The molecule has 3 aromatic carbocycles. The molecule has 10 heteroatoms. The van der Waals surface area contributed by atoms with E-state index >= 15 is 0 Å². The van der Waals surface area contributed by atoms with Crippen molar-refractivity contribution in [1.29, 1.82) is 0 Å². The van der Waals surface area contributed by atoms with E-state index in [4.69, 9.17) is 27.9 Å². The Bertz CT molecular complexity index is 1150. The Labute approximate surface area is 197 Å². The molecule has 2 N–H and O–H groups in total. The summed E-state index contributed by atoms with van der Waals surface area (Å²) in [5.41, 5.74) is -0.196. The van der Waals surface area contributed by atoms with Gasteiger partial charge < -0.3 is 15.4 Å². The minimum atomic E-state index is -4.58. The lowest BCUT2D eigenvalue weighted by atomic mass is 10.2. The van der Waals surface area contributed by atoms with Crippen LogP contribution in [0, 0.1) is 0 Å². The Hall–Kier alpha value is -3.23. The Morgan fingerprint density at radius 1 is 0.909 bits per heavy atom. The van der Waals surface area contributed by atoms with Crippen molar-refractivity contribution in [3.8, 4) is 5.75 Å². The van der Waals surface area contributed by atoms with Gasteiger partial charge in [-0.05, 0) is 73.7 Å². The van der Waals surface area contributed by atoms with Gasteiger partial charge in [0.2, 0.25) is 0 Å². The molecule has 0 aliphatic heterocycles. The lowest BCUT2D eigenvalue weighted by Gasteiger charge is -2.16. The third-order valence-corrected chi connectivity index (χ3v) is 5.03. The van der Waals surface area contributed by atoms with Crippen LogP contribution in [0.3, 0.4) is 0 Å². The van der Waals surface area contributed by atoms with Crippen LogP contribution in [0.4, 0.5) is 24.5 Å². The molecular formula is C23H17Cl2F3N2O3. The van der Waals surface area contributed by atoms with Crippen LogP contribution in [0.2, 0.25) is 10.0 Å². The van der Waals surface area contributed by atoms with Gasteiger partial charge >= 0.3 is 6.18 Å². The van der Waals surface area contributed by atoms with Crippen LogP contribution < -0.4 is 15.4 Å². The Morgan fingerprint density at radius 2 is 1.55 bits per heavy atom. The lowest BCUT2D eigenvalue weighted by molar-refractivity contribution is -0.137. The minimum Gasteiger partial charge on any atom is -0.481 e. The third-order valence-electron chi connectivity index (χ3n) is 4.45. The number of alkyl halides is 3. The lowest BCUT2D eigenvalue weighted by Crippen LogP contribution is -2.30. The van der Waals surface area contributed by atoms with E-state index in [1.165, 1.54) is 31.2 Å². The Balaban J connectivity index is 1.61. The standard InChI is InChI=1S/C23H17Cl2F3N2O3/c1-13(21(31)30-20-12-15(23(26,27)28)4-11-19(20)25)33-18-9-2-14(3-10-18)22(32)29-17-7-5-16(24)6-8-17/h2-13H,1H3,(H,29,32)(H,30,31). The maximum atomic E-state index is 12.9. The van der Waals surface area contributed by atoms with E-state index in [1.54, 1.807) is 24.3 Å². The number of nitrogens with one attached hydrogen (secondary N) is 2. The maximum Gasteiger partial charge on any atom is 0.416 e. The summed E-state index contributed by atoms with van der Waals surface area (Å²) in [4.78, 5) is 24.7. The number of ether oxygens (including phenoxy) is 1. The van der Waals surface area contributed by atoms with E-state index < -0.39 is 23.8 Å². The number of anilines is 2. The summed E-state index contributed by atoms with van der Waals surface area (Å²) in [5.74, 6) is -0.759. The van der Waals surface area contributed by atoms with Crippen molar-refractivity contribution in [3.05, 3.63) is 87.9 Å². The van der Waals surface area contributed by atoms with Gasteiger partial charge in [-0.2, -0.15) is 13.2 Å². The van der Waals surface area contributed by atoms with Gasteiger partial charge in [-0.3, -0.25) is 9.59 Å². The predicted molar refractivity (Wildman–Crippen MR) is 121 cm³/mol. The van der Waals surface area contributed by atoms with Gasteiger partial charge in [0.25, 0.3) is 11.8 Å². The zero-order valence-electron chi connectivity index (χ0n) is 17.0. The summed E-state index contributed by atoms with van der Waals surface area (Å²) in [5, 5.41) is 5.55. The molecule has 5 nitrogen and oxygen atoms in total. The number of carbonyl (C=O) groups is 2. The fourth-order valence-corrected chi connectivity index (χ4v) is 3.00. The summed E-state index contributed by atoms with van der Waals surface area (Å²) in [6.45, 7) is 1.43. The summed E-state index contributed by atoms with van der Waals surface area (Å²) in [7, 11) is 0. The van der Waals surface area contributed by atoms with Crippen molar-refractivity contribution in [3.63, 3.8) is 0 Å². The third kappa shape index (κ3) is 6.63. The molecule has 2 amide bonds. The van der Waals surface area contributed by atoms with Crippen molar-refractivity contribution >= 4 is 46.4 Å². The summed E-state index contributed by atoms with van der Waals surface area (Å²) >= 11 is 11.7. The van der Waals surface area contributed by atoms with Gasteiger partial charge in [0.1, 0.15) is 5.75 Å². The quantitative estimate of drug-likeness (QED) is 0.400. The molecule has 172 valence electrons. The molecule has 1 atom stereocenters. The van der Waals surface area contributed by atoms with Crippen molar-refractivity contribution in [1.82, 2.24) is 0 Å². The first kappa shape index (κ1) is 24.4. The molecule has 0 aliphatic carbocycles. The number of amides is 2. The van der Waals surface area contributed by atoms with E-state index in [-0.39, 0.29) is 22.4 Å². The van der Waals surface area contributed by atoms with Gasteiger partial charge in [-0.1, -0.05) is 23.2 Å². The van der Waals surface area contributed by atoms with Gasteiger partial charge in [0.15, 0.2) is 6.10 Å². The predicted octanol–water partition coefficient (Wildman–Crippen LogP) is 6.67. The van der Waals surface area contributed by atoms with Crippen LogP contribution in [0.1, 0.15) is 22.8 Å². The van der Waals surface area contributed by atoms with Crippen LogP contribution in [-0.4, -0.2) is 17.9 Å². The molecule has 0 bridgehead atoms. The van der Waals surface area contributed by atoms with Gasteiger partial charge in [0, 0.05) is 16.3 Å². The van der Waals surface area contributed by atoms with Gasteiger partial charge in [-0.15, -0.1) is 0 Å². The molecule has 0 spiro atoms. The van der Waals surface area contributed by atoms with Gasteiger partial charge in [0.05, 0.1) is 16.3 Å². The number of carbonyl (C=O) groups excluding carboxylic acids is 2. The fraction of sp³-hybridized carbons (Fsp3) is 0.130. The van der Waals surface area contributed by atoms with E-state index in [0.29, 0.717) is 16.3 Å². The molecular weight excluding hydrogens is 480 g/mol. The average Bonchev–Trinajstić information content (AvgIpc) is 2.76. The summed E-state index contributed by atoms with van der Waals surface area (Å²) in [6.07, 6.45) is -5.63. The smallest absolute Gasteiger partial charge is 0.416 e. The summed E-state index contributed by atoms with van der Waals surface area (Å²) < 4.78 is 44.2. The van der Waals surface area contributed by atoms with Crippen LogP contribution in [0.25, 0.3) is 0 Å². The molecule has 3 rings (SSSR count). The van der Waals surface area contributed by atoms with Crippen molar-refractivity contribution in [2.75, 3.05) is 10.6 Å². The summed E-state index contributed by atoms with van der Waals surface area (Å²) in [6, 6.07) is 15.3. The zero-order chi connectivity index (χ0) is 24.2.